The van der Waals surface area contributed by atoms with Crippen LogP contribution in [0.3, 0.4) is 0 Å². The van der Waals surface area contributed by atoms with Crippen LogP contribution in [0.25, 0.3) is 0 Å². The van der Waals surface area contributed by atoms with Gasteiger partial charge in [-0.3, -0.25) is 19.3 Å². The van der Waals surface area contributed by atoms with E-state index in [1.165, 1.54) is 0 Å². The molecule has 1 heterocycles. The van der Waals surface area contributed by atoms with E-state index in [-0.39, 0.29) is 11.8 Å². The molecule has 0 bridgehead atoms. The van der Waals surface area contributed by atoms with Crippen molar-refractivity contribution in [2.45, 2.75) is 33.7 Å². The molecule has 0 radical (unpaired) electrons. The third-order valence-corrected chi connectivity index (χ3v) is 4.78. The van der Waals surface area contributed by atoms with Gasteiger partial charge >= 0.3 is 0 Å². The van der Waals surface area contributed by atoms with Gasteiger partial charge in [-0.25, -0.2) is 0 Å². The first kappa shape index (κ1) is 17.9. The SMILES string of the molecule is Cc1ccc(NC(=O)[C@H](C(C)C)N2C(=O)c3ccccc3C2=O)cc1C. The number of benzene rings is 2. The van der Waals surface area contributed by atoms with Gasteiger partial charge in [0, 0.05) is 5.69 Å². The molecule has 5 nitrogen and oxygen atoms in total. The number of hydrogen-bond acceptors (Lipinski definition) is 3. The van der Waals surface area contributed by atoms with Gasteiger partial charge in [-0.05, 0) is 55.2 Å². The van der Waals surface area contributed by atoms with E-state index < -0.39 is 17.9 Å². The highest BCUT2D eigenvalue weighted by atomic mass is 16.2. The average Bonchev–Trinajstić information content (AvgIpc) is 2.84. The first-order valence-corrected chi connectivity index (χ1v) is 8.66. The first-order valence-electron chi connectivity index (χ1n) is 8.66. The van der Waals surface area contributed by atoms with Gasteiger partial charge in [-0.1, -0.05) is 32.0 Å². The van der Waals surface area contributed by atoms with Crippen LogP contribution < -0.4 is 5.32 Å². The summed E-state index contributed by atoms with van der Waals surface area (Å²) in [6, 6.07) is 11.4. The molecule has 1 N–H and O–H groups in total. The van der Waals surface area contributed by atoms with Gasteiger partial charge in [-0.15, -0.1) is 0 Å². The monoisotopic (exact) mass is 350 g/mol. The van der Waals surface area contributed by atoms with E-state index in [4.69, 9.17) is 0 Å². The smallest absolute Gasteiger partial charge is 0.262 e. The maximum Gasteiger partial charge on any atom is 0.262 e. The van der Waals surface area contributed by atoms with E-state index in [0.29, 0.717) is 16.8 Å². The lowest BCUT2D eigenvalue weighted by Gasteiger charge is -2.28. The number of carbonyl (C=O) groups is 3. The number of hydrogen-bond donors (Lipinski definition) is 1. The first-order chi connectivity index (χ1) is 12.3. The van der Waals surface area contributed by atoms with E-state index in [9.17, 15) is 14.4 Å². The van der Waals surface area contributed by atoms with Crippen molar-refractivity contribution in [3.63, 3.8) is 0 Å². The average molecular weight is 350 g/mol. The fourth-order valence-corrected chi connectivity index (χ4v) is 3.21. The van der Waals surface area contributed by atoms with Crippen molar-refractivity contribution in [2.75, 3.05) is 5.32 Å². The summed E-state index contributed by atoms with van der Waals surface area (Å²) in [4.78, 5) is 39.5. The minimum absolute atomic E-state index is 0.219. The standard InChI is InChI=1S/C21H22N2O3/c1-12(2)18(19(24)22-15-10-9-13(3)14(4)11-15)23-20(25)16-7-5-6-8-17(16)21(23)26/h5-12,18H,1-4H3,(H,22,24)/t18-/m0/s1. The van der Waals surface area contributed by atoms with E-state index in [2.05, 4.69) is 5.32 Å². The van der Waals surface area contributed by atoms with Crippen LogP contribution in [0.2, 0.25) is 0 Å². The quantitative estimate of drug-likeness (QED) is 0.858. The predicted molar refractivity (Wildman–Crippen MR) is 100 cm³/mol. The Hall–Kier alpha value is -2.95. The summed E-state index contributed by atoms with van der Waals surface area (Å²) in [5.74, 6) is -1.42. The molecule has 0 unspecified atom stereocenters. The van der Waals surface area contributed by atoms with E-state index >= 15 is 0 Å². The second kappa shape index (κ2) is 6.75. The minimum atomic E-state index is -0.871. The lowest BCUT2D eigenvalue weighted by molar-refractivity contribution is -0.121. The second-order valence-electron chi connectivity index (χ2n) is 7.00. The summed E-state index contributed by atoms with van der Waals surface area (Å²) in [5, 5.41) is 2.85. The number of fused-ring (bicyclic) bond motifs is 1. The molecule has 3 amide bonds. The largest absolute Gasteiger partial charge is 0.324 e. The summed E-state index contributed by atoms with van der Waals surface area (Å²) < 4.78 is 0. The molecule has 26 heavy (non-hydrogen) atoms. The normalized spacial score (nSPS) is 14.6. The fourth-order valence-electron chi connectivity index (χ4n) is 3.21. The summed E-state index contributed by atoms with van der Waals surface area (Å²) in [6.45, 7) is 7.62. The molecule has 1 atom stereocenters. The van der Waals surface area contributed by atoms with Crippen molar-refractivity contribution in [3.05, 3.63) is 64.7 Å². The summed E-state index contributed by atoms with van der Waals surface area (Å²) >= 11 is 0. The molecule has 134 valence electrons. The third-order valence-electron chi connectivity index (χ3n) is 4.78. The van der Waals surface area contributed by atoms with Crippen molar-refractivity contribution < 1.29 is 14.4 Å². The van der Waals surface area contributed by atoms with Crippen LogP contribution >= 0.6 is 0 Å². The lowest BCUT2D eigenvalue weighted by atomic mass is 10.0. The predicted octanol–water partition coefficient (Wildman–Crippen LogP) is 3.56. The molecule has 0 aromatic heterocycles. The van der Waals surface area contributed by atoms with Crippen molar-refractivity contribution in [1.29, 1.82) is 0 Å². The maximum absolute atomic E-state index is 12.9. The van der Waals surface area contributed by atoms with Gasteiger partial charge < -0.3 is 5.32 Å². The topological polar surface area (TPSA) is 66.5 Å². The molecule has 3 rings (SSSR count). The zero-order valence-corrected chi connectivity index (χ0v) is 15.4. The molecule has 2 aromatic rings. The number of nitrogens with zero attached hydrogens (tertiary/aromatic N) is 1. The Morgan fingerprint density at radius 1 is 0.923 bits per heavy atom. The highest BCUT2D eigenvalue weighted by molar-refractivity contribution is 6.23. The second-order valence-corrected chi connectivity index (χ2v) is 7.00. The van der Waals surface area contributed by atoms with E-state index in [0.717, 1.165) is 16.0 Å². The Balaban J connectivity index is 1.90. The molecule has 0 saturated carbocycles. The summed E-state index contributed by atoms with van der Waals surface area (Å²) in [5.41, 5.74) is 3.54. The van der Waals surface area contributed by atoms with Crippen molar-refractivity contribution in [1.82, 2.24) is 4.90 Å². The van der Waals surface area contributed by atoms with Gasteiger partial charge in [0.1, 0.15) is 6.04 Å². The van der Waals surface area contributed by atoms with E-state index in [1.807, 2.05) is 45.9 Å². The van der Waals surface area contributed by atoms with Crippen molar-refractivity contribution in [3.8, 4) is 0 Å². The molecule has 1 aliphatic heterocycles. The van der Waals surface area contributed by atoms with E-state index in [1.54, 1.807) is 24.3 Å². The number of nitrogens with one attached hydrogen (secondary N) is 1. The van der Waals surface area contributed by atoms with Gasteiger partial charge in [0.25, 0.3) is 11.8 Å². The Bertz CT molecular complexity index is 867. The zero-order chi connectivity index (χ0) is 19.0. The molecular weight excluding hydrogens is 328 g/mol. The van der Waals surface area contributed by atoms with Crippen molar-refractivity contribution in [2.24, 2.45) is 5.92 Å². The highest BCUT2D eigenvalue weighted by Gasteiger charge is 2.43. The maximum atomic E-state index is 12.9. The molecular formula is C21H22N2O3. The van der Waals surface area contributed by atoms with Crippen LogP contribution in [-0.2, 0) is 4.79 Å². The molecule has 0 spiro atoms. The van der Waals surface area contributed by atoms with Crippen LogP contribution in [0.15, 0.2) is 42.5 Å². The Labute approximate surface area is 153 Å². The Morgan fingerprint density at radius 2 is 1.50 bits per heavy atom. The minimum Gasteiger partial charge on any atom is -0.324 e. The third kappa shape index (κ3) is 3.01. The number of rotatable bonds is 4. The van der Waals surface area contributed by atoms with Gasteiger partial charge in [-0.2, -0.15) is 0 Å². The van der Waals surface area contributed by atoms with Crippen molar-refractivity contribution >= 4 is 23.4 Å². The van der Waals surface area contributed by atoms with Gasteiger partial charge in [0.2, 0.25) is 5.91 Å². The van der Waals surface area contributed by atoms with Crippen LogP contribution in [0.5, 0.6) is 0 Å². The number of aryl methyl sites for hydroxylation is 2. The van der Waals surface area contributed by atoms with Gasteiger partial charge in [0.05, 0.1) is 11.1 Å². The van der Waals surface area contributed by atoms with Crippen LogP contribution in [0.4, 0.5) is 5.69 Å². The highest BCUT2D eigenvalue weighted by Crippen LogP contribution is 2.28. The number of imide groups is 1. The Morgan fingerprint density at radius 3 is 2.00 bits per heavy atom. The molecule has 0 saturated heterocycles. The fraction of sp³-hybridized carbons (Fsp3) is 0.286. The van der Waals surface area contributed by atoms with Crippen LogP contribution in [0, 0.1) is 19.8 Å². The molecule has 5 heteroatoms. The summed E-state index contributed by atoms with van der Waals surface area (Å²) in [6.07, 6.45) is 0. The number of anilines is 1. The molecule has 1 aliphatic rings. The number of amides is 3. The van der Waals surface area contributed by atoms with Crippen LogP contribution in [-0.4, -0.2) is 28.7 Å². The zero-order valence-electron chi connectivity index (χ0n) is 15.4. The summed E-state index contributed by atoms with van der Waals surface area (Å²) in [7, 11) is 0. The molecule has 0 aliphatic carbocycles. The Kier molecular flexibility index (Phi) is 4.64. The lowest BCUT2D eigenvalue weighted by Crippen LogP contribution is -2.50. The number of carbonyl (C=O) groups excluding carboxylic acids is 3. The van der Waals surface area contributed by atoms with Crippen LogP contribution in [0.1, 0.15) is 45.7 Å². The molecule has 2 aromatic carbocycles. The molecule has 0 fully saturated rings. The van der Waals surface area contributed by atoms with Gasteiger partial charge in [0.15, 0.2) is 0 Å².